The van der Waals surface area contributed by atoms with E-state index in [4.69, 9.17) is 12.2 Å². The molecule has 1 atom stereocenters. The zero-order valence-corrected chi connectivity index (χ0v) is 14.0. The van der Waals surface area contributed by atoms with Crippen LogP contribution in [-0.2, 0) is 0 Å². The van der Waals surface area contributed by atoms with Gasteiger partial charge in [0, 0.05) is 12.3 Å². The molecule has 0 unspecified atom stereocenters. The maximum Gasteiger partial charge on any atom is 0.264 e. The van der Waals surface area contributed by atoms with Crippen molar-refractivity contribution in [2.45, 2.75) is 26.3 Å². The minimum atomic E-state index is -1.28. The summed E-state index contributed by atoms with van der Waals surface area (Å²) < 4.78 is 1.60. The van der Waals surface area contributed by atoms with Crippen molar-refractivity contribution in [3.8, 4) is 5.88 Å². The summed E-state index contributed by atoms with van der Waals surface area (Å²) in [6.07, 6.45) is 1.94. The van der Waals surface area contributed by atoms with Crippen molar-refractivity contribution >= 4 is 30.1 Å². The predicted molar refractivity (Wildman–Crippen MR) is 90.6 cm³/mol. The summed E-state index contributed by atoms with van der Waals surface area (Å²) in [6.45, 7) is 3.80. The Kier molecular flexibility index (Phi) is 5.30. The van der Waals surface area contributed by atoms with Gasteiger partial charge in [-0.15, -0.1) is 0 Å². The summed E-state index contributed by atoms with van der Waals surface area (Å²) in [7, 11) is 0. The lowest BCUT2D eigenvalue weighted by atomic mass is 10.2. The van der Waals surface area contributed by atoms with Gasteiger partial charge in [-0.2, -0.15) is 0 Å². The molecular weight excluding hydrogens is 330 g/mol. The Bertz CT molecular complexity index is 897. The third-order valence-corrected chi connectivity index (χ3v) is 3.93. The van der Waals surface area contributed by atoms with E-state index < -0.39 is 11.5 Å². The number of carbonyl (C=O) groups is 1. The number of rotatable bonds is 5. The SMILES string of the molecule is CC[C@@H](C)n1c(O)c(C=Nc2ccc(C(=O)[O-])cc2)c(=O)[nH]c1=S. The molecule has 0 radical (unpaired) electrons. The van der Waals surface area contributed by atoms with Crippen LogP contribution in [0.2, 0.25) is 0 Å². The Morgan fingerprint density at radius 3 is 2.62 bits per heavy atom. The van der Waals surface area contributed by atoms with Crippen LogP contribution in [0.4, 0.5) is 5.69 Å². The van der Waals surface area contributed by atoms with E-state index in [1.54, 1.807) is 0 Å². The number of hydrogen-bond acceptors (Lipinski definition) is 6. The van der Waals surface area contributed by atoms with Crippen LogP contribution in [0.3, 0.4) is 0 Å². The second-order valence-electron chi connectivity index (χ2n) is 5.22. The molecule has 7 nitrogen and oxygen atoms in total. The minimum Gasteiger partial charge on any atom is -0.545 e. The smallest absolute Gasteiger partial charge is 0.264 e. The van der Waals surface area contributed by atoms with Gasteiger partial charge in [0.05, 0.1) is 11.7 Å². The molecule has 0 saturated heterocycles. The number of benzene rings is 1. The molecule has 0 amide bonds. The van der Waals surface area contributed by atoms with E-state index in [2.05, 4.69) is 9.98 Å². The Morgan fingerprint density at radius 1 is 1.46 bits per heavy atom. The predicted octanol–water partition coefficient (Wildman–Crippen LogP) is 1.70. The fourth-order valence-corrected chi connectivity index (χ4v) is 2.44. The molecule has 1 heterocycles. The highest BCUT2D eigenvalue weighted by molar-refractivity contribution is 7.71. The molecule has 0 saturated carbocycles. The van der Waals surface area contributed by atoms with Crippen LogP contribution in [0.25, 0.3) is 0 Å². The first-order valence-corrected chi connectivity index (χ1v) is 7.69. The highest BCUT2D eigenvalue weighted by atomic mass is 32.1. The number of carbonyl (C=O) groups excluding carboxylic acids is 1. The number of aromatic nitrogens is 2. The maximum atomic E-state index is 12.0. The standard InChI is InChI=1S/C16H17N3O4S/c1-3-9(2)19-14(21)12(13(20)18-16(19)24)8-17-11-6-4-10(5-7-11)15(22)23/h4-9,21H,3H2,1-2H3,(H,22,23)(H,18,20,24)/p-1/t9-/m1/s1. The summed E-state index contributed by atoms with van der Waals surface area (Å²) in [5.74, 6) is -1.54. The molecule has 1 aromatic carbocycles. The number of hydrogen-bond donors (Lipinski definition) is 2. The number of nitrogens with one attached hydrogen (secondary N) is 1. The molecule has 0 fully saturated rings. The Balaban J connectivity index is 2.44. The highest BCUT2D eigenvalue weighted by Gasteiger charge is 2.14. The van der Waals surface area contributed by atoms with Gasteiger partial charge in [-0.1, -0.05) is 19.1 Å². The third-order valence-electron chi connectivity index (χ3n) is 3.63. The number of aromatic hydroxyl groups is 1. The molecule has 126 valence electrons. The average Bonchev–Trinajstić information content (AvgIpc) is 2.54. The second-order valence-corrected chi connectivity index (χ2v) is 5.60. The van der Waals surface area contributed by atoms with Gasteiger partial charge in [-0.05, 0) is 43.3 Å². The Hall–Kier alpha value is -2.74. The Labute approximate surface area is 142 Å². The molecule has 2 N–H and O–H groups in total. The van der Waals surface area contributed by atoms with Crippen molar-refractivity contribution in [2.24, 2.45) is 4.99 Å². The van der Waals surface area contributed by atoms with Gasteiger partial charge in [0.2, 0.25) is 5.88 Å². The molecule has 0 aliphatic rings. The number of aliphatic imine (C=N–C) groups is 1. The molecular formula is C16H16N3O4S-. The van der Waals surface area contributed by atoms with E-state index in [9.17, 15) is 19.8 Å². The first-order chi connectivity index (χ1) is 11.3. The lowest BCUT2D eigenvalue weighted by Gasteiger charge is -2.16. The molecule has 0 aliphatic carbocycles. The number of H-pyrrole nitrogens is 1. The second kappa shape index (κ2) is 7.22. The fourth-order valence-electron chi connectivity index (χ4n) is 2.08. The molecule has 2 aromatic rings. The van der Waals surface area contributed by atoms with E-state index in [1.807, 2.05) is 13.8 Å². The maximum absolute atomic E-state index is 12.0. The summed E-state index contributed by atoms with van der Waals surface area (Å²) in [5, 5.41) is 21.0. The quantitative estimate of drug-likeness (QED) is 0.632. The number of aromatic amines is 1. The van der Waals surface area contributed by atoms with Gasteiger partial charge < -0.3 is 15.0 Å². The van der Waals surface area contributed by atoms with Gasteiger partial charge in [0.15, 0.2) is 4.77 Å². The van der Waals surface area contributed by atoms with E-state index in [0.717, 1.165) is 6.42 Å². The van der Waals surface area contributed by atoms with Crippen molar-refractivity contribution in [3.05, 3.63) is 50.5 Å². The lowest BCUT2D eigenvalue weighted by molar-refractivity contribution is -0.255. The van der Waals surface area contributed by atoms with E-state index in [-0.39, 0.29) is 27.8 Å². The first-order valence-electron chi connectivity index (χ1n) is 7.28. The number of nitrogens with zero attached hydrogens (tertiary/aromatic N) is 2. The number of aromatic carboxylic acids is 1. The van der Waals surface area contributed by atoms with Crippen LogP contribution in [0, 0.1) is 4.77 Å². The van der Waals surface area contributed by atoms with E-state index in [1.165, 1.54) is 35.0 Å². The molecule has 2 rings (SSSR count). The van der Waals surface area contributed by atoms with Gasteiger partial charge in [0.1, 0.15) is 5.56 Å². The fraction of sp³-hybridized carbons (Fsp3) is 0.250. The van der Waals surface area contributed by atoms with Gasteiger partial charge in [0.25, 0.3) is 5.56 Å². The van der Waals surface area contributed by atoms with Crippen LogP contribution in [0.5, 0.6) is 5.88 Å². The molecule has 1 aromatic heterocycles. The summed E-state index contributed by atoms with van der Waals surface area (Å²) in [4.78, 5) is 29.3. The summed E-state index contributed by atoms with van der Waals surface area (Å²) >= 11 is 5.09. The Morgan fingerprint density at radius 2 is 2.08 bits per heavy atom. The highest BCUT2D eigenvalue weighted by Crippen LogP contribution is 2.21. The van der Waals surface area contributed by atoms with E-state index >= 15 is 0 Å². The topological polar surface area (TPSA) is 111 Å². The molecule has 24 heavy (non-hydrogen) atoms. The monoisotopic (exact) mass is 346 g/mol. The van der Waals surface area contributed by atoms with Crippen molar-refractivity contribution in [3.63, 3.8) is 0 Å². The lowest BCUT2D eigenvalue weighted by Crippen LogP contribution is -2.21. The van der Waals surface area contributed by atoms with Gasteiger partial charge in [-0.3, -0.25) is 19.3 Å². The van der Waals surface area contributed by atoms with Gasteiger partial charge >= 0.3 is 0 Å². The normalized spacial score (nSPS) is 12.4. The van der Waals surface area contributed by atoms with Crippen LogP contribution in [0.1, 0.15) is 42.2 Å². The van der Waals surface area contributed by atoms with E-state index in [0.29, 0.717) is 5.69 Å². The van der Waals surface area contributed by atoms with Crippen LogP contribution in [0.15, 0.2) is 34.1 Å². The summed E-state index contributed by atoms with van der Waals surface area (Å²) in [5.41, 5.74) is -0.115. The number of carboxylic acid groups (broad SMARTS) is 1. The average molecular weight is 346 g/mol. The molecule has 0 spiro atoms. The van der Waals surface area contributed by atoms with Crippen LogP contribution in [-0.4, -0.2) is 26.8 Å². The molecule has 0 aliphatic heterocycles. The van der Waals surface area contributed by atoms with Crippen molar-refractivity contribution in [1.82, 2.24) is 9.55 Å². The zero-order valence-electron chi connectivity index (χ0n) is 13.1. The first kappa shape index (κ1) is 17.6. The van der Waals surface area contributed by atoms with Crippen molar-refractivity contribution < 1.29 is 15.0 Å². The minimum absolute atomic E-state index is 0.0205. The van der Waals surface area contributed by atoms with Crippen LogP contribution >= 0.6 is 12.2 Å². The summed E-state index contributed by atoms with van der Waals surface area (Å²) in [6, 6.07) is 5.53. The van der Waals surface area contributed by atoms with Crippen molar-refractivity contribution in [1.29, 1.82) is 0 Å². The van der Waals surface area contributed by atoms with Crippen LogP contribution < -0.4 is 10.7 Å². The van der Waals surface area contributed by atoms with Crippen molar-refractivity contribution in [2.75, 3.05) is 0 Å². The largest absolute Gasteiger partial charge is 0.545 e. The van der Waals surface area contributed by atoms with Gasteiger partial charge in [-0.25, -0.2) is 0 Å². The molecule has 8 heteroatoms. The number of carboxylic acids is 1. The molecule has 0 bridgehead atoms. The third kappa shape index (κ3) is 3.60. The zero-order chi connectivity index (χ0) is 17.9.